The van der Waals surface area contributed by atoms with E-state index in [0.717, 1.165) is 25.9 Å². The van der Waals surface area contributed by atoms with Crippen molar-refractivity contribution in [1.82, 2.24) is 25.2 Å². The van der Waals surface area contributed by atoms with E-state index in [0.29, 0.717) is 10.3 Å². The van der Waals surface area contributed by atoms with Gasteiger partial charge in [-0.05, 0) is 47.2 Å². The van der Waals surface area contributed by atoms with Crippen LogP contribution < -0.4 is 5.32 Å². The molecule has 1 N–H and O–H groups in total. The third-order valence-corrected chi connectivity index (χ3v) is 6.06. The number of nitrogens with one attached hydrogen (secondary N) is 1. The minimum Gasteiger partial charge on any atom is -0.301 e. The summed E-state index contributed by atoms with van der Waals surface area (Å²) in [6.07, 6.45) is 0. The van der Waals surface area contributed by atoms with E-state index in [1.165, 1.54) is 23.1 Å². The van der Waals surface area contributed by atoms with Gasteiger partial charge in [0.2, 0.25) is 11.1 Å². The number of thiazole rings is 1. The normalized spacial score (nSPS) is 11.0. The van der Waals surface area contributed by atoms with Crippen LogP contribution in [0.3, 0.4) is 0 Å². The van der Waals surface area contributed by atoms with Gasteiger partial charge < -0.3 is 5.32 Å². The van der Waals surface area contributed by atoms with E-state index in [4.69, 9.17) is 0 Å². The van der Waals surface area contributed by atoms with Gasteiger partial charge in [-0.3, -0.25) is 4.79 Å². The maximum absolute atomic E-state index is 12.3. The molecule has 1 amide bonds. The van der Waals surface area contributed by atoms with Gasteiger partial charge in [0.1, 0.15) is 0 Å². The van der Waals surface area contributed by atoms with Crippen LogP contribution >= 0.6 is 39.0 Å². The van der Waals surface area contributed by atoms with Gasteiger partial charge in [0, 0.05) is 4.47 Å². The number of tetrazole rings is 1. The lowest BCUT2D eigenvalue weighted by atomic mass is 10.2. The smallest absolute Gasteiger partial charge is 0.236 e. The second-order valence-electron chi connectivity index (χ2n) is 5.63. The summed E-state index contributed by atoms with van der Waals surface area (Å²) in [7, 11) is 0. The molecule has 0 saturated carbocycles. The number of amides is 1. The zero-order valence-corrected chi connectivity index (χ0v) is 17.3. The van der Waals surface area contributed by atoms with E-state index in [2.05, 4.69) is 41.8 Å². The van der Waals surface area contributed by atoms with E-state index in [9.17, 15) is 4.79 Å². The average molecular weight is 461 g/mol. The van der Waals surface area contributed by atoms with Crippen molar-refractivity contribution < 1.29 is 4.79 Å². The number of aromatic nitrogens is 5. The molecule has 0 radical (unpaired) electrons. The quantitative estimate of drug-likeness (QED) is 0.451. The Hall–Kier alpha value is -2.30. The highest BCUT2D eigenvalue weighted by molar-refractivity contribution is 9.10. The van der Waals surface area contributed by atoms with Gasteiger partial charge in [-0.1, -0.05) is 57.2 Å². The lowest BCUT2D eigenvalue weighted by molar-refractivity contribution is -0.113. The van der Waals surface area contributed by atoms with Gasteiger partial charge in [0.25, 0.3) is 0 Å². The molecule has 0 spiro atoms. The number of thioether (sulfide) groups is 1. The van der Waals surface area contributed by atoms with E-state index in [1.54, 1.807) is 4.68 Å². The SMILES string of the molecule is Cc1ccccc1-n1nnnc1SCC(=O)Nc1nc2ccc(Br)cc2s1. The standard InChI is InChI=1S/C17H13BrN6OS2/c1-10-4-2-3-5-13(10)24-17(21-22-23-24)26-9-15(25)20-16-19-12-7-6-11(18)8-14(12)27-16/h2-8H,9H2,1H3,(H,19,20,25). The molecule has 0 aliphatic heterocycles. The number of carbonyl (C=O) groups excluding carboxylic acids is 1. The fraction of sp³-hybridized carbons (Fsp3) is 0.118. The Bertz CT molecular complexity index is 1130. The summed E-state index contributed by atoms with van der Waals surface area (Å²) < 4.78 is 3.63. The molecule has 4 rings (SSSR count). The molecule has 2 aromatic carbocycles. The van der Waals surface area contributed by atoms with Crippen LogP contribution in [0.5, 0.6) is 0 Å². The Labute approximate surface area is 171 Å². The van der Waals surface area contributed by atoms with Crippen LogP contribution in [0.15, 0.2) is 52.1 Å². The summed E-state index contributed by atoms with van der Waals surface area (Å²) in [6, 6.07) is 13.6. The van der Waals surface area contributed by atoms with Gasteiger partial charge in [-0.25, -0.2) is 4.98 Å². The third-order valence-electron chi connectivity index (χ3n) is 3.71. The molecule has 0 bridgehead atoms. The van der Waals surface area contributed by atoms with Crippen LogP contribution in [0.25, 0.3) is 15.9 Å². The van der Waals surface area contributed by atoms with E-state index >= 15 is 0 Å². The molecule has 0 aliphatic rings. The van der Waals surface area contributed by atoms with Crippen molar-refractivity contribution >= 4 is 60.3 Å². The topological polar surface area (TPSA) is 85.6 Å². The van der Waals surface area contributed by atoms with Crippen LogP contribution in [0.1, 0.15) is 5.56 Å². The number of nitrogens with zero attached hydrogens (tertiary/aromatic N) is 5. The summed E-state index contributed by atoms with van der Waals surface area (Å²) in [6.45, 7) is 1.99. The van der Waals surface area contributed by atoms with Gasteiger partial charge >= 0.3 is 0 Å². The first-order valence-electron chi connectivity index (χ1n) is 7.93. The lowest BCUT2D eigenvalue weighted by Crippen LogP contribution is -2.14. The Morgan fingerprint density at radius 1 is 1.30 bits per heavy atom. The second kappa shape index (κ2) is 7.75. The number of rotatable bonds is 5. The van der Waals surface area contributed by atoms with Crippen molar-refractivity contribution in [3.63, 3.8) is 0 Å². The molecular weight excluding hydrogens is 448 g/mol. The molecule has 0 aliphatic carbocycles. The molecule has 2 aromatic heterocycles. The molecule has 136 valence electrons. The molecule has 0 fully saturated rings. The number of halogens is 1. The van der Waals surface area contributed by atoms with Crippen molar-refractivity contribution in [3.8, 4) is 5.69 Å². The van der Waals surface area contributed by atoms with Gasteiger partial charge in [-0.15, -0.1) is 5.10 Å². The predicted octanol–water partition coefficient (Wildman–Crippen LogP) is 4.07. The zero-order chi connectivity index (χ0) is 18.8. The first kappa shape index (κ1) is 18.1. The average Bonchev–Trinajstić information content (AvgIpc) is 3.26. The number of hydrogen-bond donors (Lipinski definition) is 1. The zero-order valence-electron chi connectivity index (χ0n) is 14.1. The summed E-state index contributed by atoms with van der Waals surface area (Å²) in [5, 5.41) is 15.8. The molecular formula is C17H13BrN6OS2. The first-order chi connectivity index (χ1) is 13.1. The van der Waals surface area contributed by atoms with Crippen molar-refractivity contribution in [2.45, 2.75) is 12.1 Å². The molecule has 27 heavy (non-hydrogen) atoms. The molecule has 2 heterocycles. The molecule has 7 nitrogen and oxygen atoms in total. The fourth-order valence-electron chi connectivity index (χ4n) is 2.46. The number of fused-ring (bicyclic) bond motifs is 1. The molecule has 0 saturated heterocycles. The van der Waals surface area contributed by atoms with Crippen LogP contribution in [0, 0.1) is 6.92 Å². The van der Waals surface area contributed by atoms with Gasteiger partial charge in [0.05, 0.1) is 21.7 Å². The Morgan fingerprint density at radius 2 is 2.15 bits per heavy atom. The maximum Gasteiger partial charge on any atom is 0.236 e. The fourth-order valence-corrected chi connectivity index (χ4v) is 4.58. The van der Waals surface area contributed by atoms with Gasteiger partial charge in [0.15, 0.2) is 5.13 Å². The van der Waals surface area contributed by atoms with Crippen molar-refractivity contribution in [2.24, 2.45) is 0 Å². The Balaban J connectivity index is 1.44. The molecule has 4 aromatic rings. The summed E-state index contributed by atoms with van der Waals surface area (Å²) in [5.74, 6) is 0.0312. The van der Waals surface area contributed by atoms with E-state index in [1.807, 2.05) is 49.4 Å². The monoisotopic (exact) mass is 460 g/mol. The molecule has 10 heteroatoms. The number of anilines is 1. The minimum atomic E-state index is -0.155. The van der Waals surface area contributed by atoms with Gasteiger partial charge in [-0.2, -0.15) is 4.68 Å². The number of benzene rings is 2. The highest BCUT2D eigenvalue weighted by Gasteiger charge is 2.14. The highest BCUT2D eigenvalue weighted by Crippen LogP contribution is 2.28. The van der Waals surface area contributed by atoms with Crippen LogP contribution in [0.2, 0.25) is 0 Å². The maximum atomic E-state index is 12.3. The lowest BCUT2D eigenvalue weighted by Gasteiger charge is -2.06. The van der Waals surface area contributed by atoms with Crippen LogP contribution in [-0.2, 0) is 4.79 Å². The minimum absolute atomic E-state index is 0.155. The Kier molecular flexibility index (Phi) is 5.19. The summed E-state index contributed by atoms with van der Waals surface area (Å²) in [5.41, 5.74) is 2.80. The molecule has 0 unspecified atom stereocenters. The van der Waals surface area contributed by atoms with Crippen molar-refractivity contribution in [3.05, 3.63) is 52.5 Å². The van der Waals surface area contributed by atoms with E-state index < -0.39 is 0 Å². The number of para-hydroxylation sites is 1. The van der Waals surface area contributed by atoms with Crippen molar-refractivity contribution in [2.75, 3.05) is 11.1 Å². The van der Waals surface area contributed by atoms with Crippen LogP contribution in [-0.4, -0.2) is 36.9 Å². The van der Waals surface area contributed by atoms with E-state index in [-0.39, 0.29) is 11.7 Å². The second-order valence-corrected chi connectivity index (χ2v) is 8.52. The summed E-state index contributed by atoms with van der Waals surface area (Å²) in [4.78, 5) is 16.7. The highest BCUT2D eigenvalue weighted by atomic mass is 79.9. The number of carbonyl (C=O) groups is 1. The largest absolute Gasteiger partial charge is 0.301 e. The molecule has 0 atom stereocenters. The Morgan fingerprint density at radius 3 is 3.00 bits per heavy atom. The van der Waals surface area contributed by atoms with Crippen LogP contribution in [0.4, 0.5) is 5.13 Å². The third kappa shape index (κ3) is 4.02. The summed E-state index contributed by atoms with van der Waals surface area (Å²) >= 11 is 6.15. The number of hydrogen-bond acceptors (Lipinski definition) is 7. The van der Waals surface area contributed by atoms with Crippen molar-refractivity contribution in [1.29, 1.82) is 0 Å². The first-order valence-corrected chi connectivity index (χ1v) is 10.5. The predicted molar refractivity (Wildman–Crippen MR) is 111 cm³/mol. The number of aryl methyl sites for hydroxylation is 1.